The van der Waals surface area contributed by atoms with E-state index in [9.17, 15) is 14.7 Å². The molecule has 1 atom stereocenters. The summed E-state index contributed by atoms with van der Waals surface area (Å²) in [6.07, 6.45) is -0.338. The highest BCUT2D eigenvalue weighted by Gasteiger charge is 2.39. The van der Waals surface area contributed by atoms with Crippen LogP contribution in [0.5, 0.6) is 0 Å². The SMILES string of the molecule is CCC(C)(C(=O)O)N(C)C(=O)OCc1ccccc1. The Bertz CT molecular complexity index is 446. The molecule has 1 aromatic rings. The summed E-state index contributed by atoms with van der Waals surface area (Å²) in [6, 6.07) is 9.24. The molecule has 0 bridgehead atoms. The van der Waals surface area contributed by atoms with Gasteiger partial charge in [-0.15, -0.1) is 0 Å². The molecule has 1 amide bonds. The molecule has 5 heteroatoms. The molecule has 5 nitrogen and oxygen atoms in total. The van der Waals surface area contributed by atoms with Crippen LogP contribution in [0.25, 0.3) is 0 Å². The minimum absolute atomic E-state index is 0.128. The van der Waals surface area contributed by atoms with E-state index in [1.165, 1.54) is 14.0 Å². The third-order valence-electron chi connectivity index (χ3n) is 3.37. The van der Waals surface area contributed by atoms with Crippen molar-refractivity contribution >= 4 is 12.1 Å². The molecular formula is C14H19NO4. The maximum atomic E-state index is 11.9. The van der Waals surface area contributed by atoms with Crippen LogP contribution >= 0.6 is 0 Å². The van der Waals surface area contributed by atoms with Crippen molar-refractivity contribution < 1.29 is 19.4 Å². The lowest BCUT2D eigenvalue weighted by atomic mass is 9.98. The van der Waals surface area contributed by atoms with Crippen molar-refractivity contribution in [3.8, 4) is 0 Å². The van der Waals surface area contributed by atoms with Crippen molar-refractivity contribution in [2.24, 2.45) is 0 Å². The first-order chi connectivity index (χ1) is 8.91. The summed E-state index contributed by atoms with van der Waals surface area (Å²) in [5.74, 6) is -1.05. The second-order valence-electron chi connectivity index (χ2n) is 4.53. The molecule has 0 heterocycles. The van der Waals surface area contributed by atoms with E-state index < -0.39 is 17.6 Å². The van der Waals surface area contributed by atoms with Gasteiger partial charge in [0.2, 0.25) is 0 Å². The number of hydrogen-bond acceptors (Lipinski definition) is 3. The molecule has 1 N–H and O–H groups in total. The molecule has 0 aromatic heterocycles. The Balaban J connectivity index is 2.65. The molecule has 104 valence electrons. The Labute approximate surface area is 112 Å². The molecule has 0 fully saturated rings. The van der Waals surface area contributed by atoms with Crippen molar-refractivity contribution in [1.82, 2.24) is 4.90 Å². The second-order valence-corrected chi connectivity index (χ2v) is 4.53. The van der Waals surface area contributed by atoms with Crippen LogP contribution < -0.4 is 0 Å². The Morgan fingerprint density at radius 1 is 1.32 bits per heavy atom. The number of carbonyl (C=O) groups is 2. The Morgan fingerprint density at radius 2 is 1.89 bits per heavy atom. The molecule has 0 saturated heterocycles. The summed E-state index contributed by atoms with van der Waals surface area (Å²) in [7, 11) is 1.44. The number of rotatable bonds is 5. The van der Waals surface area contributed by atoms with E-state index in [-0.39, 0.29) is 6.61 Å². The first kappa shape index (κ1) is 15.0. The van der Waals surface area contributed by atoms with Gasteiger partial charge in [-0.25, -0.2) is 9.59 Å². The number of carbonyl (C=O) groups excluding carboxylic acids is 1. The van der Waals surface area contributed by atoms with Gasteiger partial charge in [0.05, 0.1) is 0 Å². The van der Waals surface area contributed by atoms with Gasteiger partial charge in [-0.3, -0.25) is 4.90 Å². The maximum Gasteiger partial charge on any atom is 0.410 e. The zero-order valence-electron chi connectivity index (χ0n) is 11.4. The molecule has 0 radical (unpaired) electrons. The fraction of sp³-hybridized carbons (Fsp3) is 0.429. The fourth-order valence-electron chi connectivity index (χ4n) is 1.55. The van der Waals surface area contributed by atoms with Crippen LogP contribution in [0.1, 0.15) is 25.8 Å². The van der Waals surface area contributed by atoms with E-state index in [0.29, 0.717) is 6.42 Å². The van der Waals surface area contributed by atoms with Crippen molar-refractivity contribution in [3.63, 3.8) is 0 Å². The molecule has 1 unspecified atom stereocenters. The number of carboxylic acid groups (broad SMARTS) is 1. The summed E-state index contributed by atoms with van der Waals surface area (Å²) >= 11 is 0. The Kier molecular flexibility index (Phi) is 4.92. The molecule has 1 rings (SSSR count). The molecule has 0 saturated carbocycles. The summed E-state index contributed by atoms with van der Waals surface area (Å²) in [4.78, 5) is 24.2. The van der Waals surface area contributed by atoms with Crippen molar-refractivity contribution in [2.45, 2.75) is 32.4 Å². The third kappa shape index (κ3) is 3.47. The highest BCUT2D eigenvalue weighted by molar-refractivity contribution is 5.83. The molecule has 0 aliphatic heterocycles. The number of benzene rings is 1. The van der Waals surface area contributed by atoms with E-state index in [4.69, 9.17) is 4.74 Å². The van der Waals surface area contributed by atoms with E-state index in [2.05, 4.69) is 0 Å². The highest BCUT2D eigenvalue weighted by Crippen LogP contribution is 2.19. The molecule has 0 aliphatic carbocycles. The lowest BCUT2D eigenvalue weighted by Gasteiger charge is -2.33. The molecule has 0 aliphatic rings. The molecule has 1 aromatic carbocycles. The van der Waals surface area contributed by atoms with Crippen LogP contribution in [0.15, 0.2) is 30.3 Å². The number of aliphatic carboxylic acids is 1. The van der Waals surface area contributed by atoms with Crippen molar-refractivity contribution in [3.05, 3.63) is 35.9 Å². The van der Waals surface area contributed by atoms with Gasteiger partial charge in [-0.05, 0) is 18.9 Å². The zero-order chi connectivity index (χ0) is 14.5. The van der Waals surface area contributed by atoms with Gasteiger partial charge in [0.1, 0.15) is 12.1 Å². The highest BCUT2D eigenvalue weighted by atomic mass is 16.6. The summed E-state index contributed by atoms with van der Waals surface area (Å²) in [5, 5.41) is 9.19. The van der Waals surface area contributed by atoms with E-state index in [1.807, 2.05) is 30.3 Å². The standard InChI is InChI=1S/C14H19NO4/c1-4-14(2,12(16)17)15(3)13(18)19-10-11-8-6-5-7-9-11/h5-9H,4,10H2,1-3H3,(H,16,17). The van der Waals surface area contributed by atoms with Crippen LogP contribution in [0.2, 0.25) is 0 Å². The zero-order valence-corrected chi connectivity index (χ0v) is 11.4. The van der Waals surface area contributed by atoms with E-state index in [0.717, 1.165) is 10.5 Å². The largest absolute Gasteiger partial charge is 0.480 e. The van der Waals surface area contributed by atoms with Gasteiger partial charge in [-0.1, -0.05) is 37.3 Å². The first-order valence-electron chi connectivity index (χ1n) is 6.09. The lowest BCUT2D eigenvalue weighted by Crippen LogP contribution is -2.52. The lowest BCUT2D eigenvalue weighted by molar-refractivity contribution is -0.149. The van der Waals surface area contributed by atoms with Crippen molar-refractivity contribution in [2.75, 3.05) is 7.05 Å². The van der Waals surface area contributed by atoms with Crippen LogP contribution in [-0.2, 0) is 16.1 Å². The number of amides is 1. The summed E-state index contributed by atoms with van der Waals surface area (Å²) in [6.45, 7) is 3.34. The smallest absolute Gasteiger partial charge is 0.410 e. The van der Waals surface area contributed by atoms with Crippen LogP contribution in [-0.4, -0.2) is 34.7 Å². The normalized spacial score (nSPS) is 13.4. The number of hydrogen-bond donors (Lipinski definition) is 1. The van der Waals surface area contributed by atoms with E-state index >= 15 is 0 Å². The van der Waals surface area contributed by atoms with Crippen molar-refractivity contribution in [1.29, 1.82) is 0 Å². The van der Waals surface area contributed by atoms with Gasteiger partial charge in [-0.2, -0.15) is 0 Å². The van der Waals surface area contributed by atoms with Crippen LogP contribution in [0.4, 0.5) is 4.79 Å². The number of ether oxygens (including phenoxy) is 1. The van der Waals surface area contributed by atoms with Gasteiger partial charge in [0, 0.05) is 7.05 Å². The monoisotopic (exact) mass is 265 g/mol. The third-order valence-corrected chi connectivity index (χ3v) is 3.37. The number of carboxylic acids is 1. The predicted molar refractivity (Wildman–Crippen MR) is 70.7 cm³/mol. The summed E-state index contributed by atoms with van der Waals surface area (Å²) in [5.41, 5.74) is -0.397. The fourth-order valence-corrected chi connectivity index (χ4v) is 1.55. The Morgan fingerprint density at radius 3 is 2.37 bits per heavy atom. The minimum Gasteiger partial charge on any atom is -0.480 e. The molecule has 0 spiro atoms. The average Bonchev–Trinajstić information content (AvgIpc) is 2.43. The van der Waals surface area contributed by atoms with Gasteiger partial charge in [0.15, 0.2) is 0 Å². The Hall–Kier alpha value is -2.04. The average molecular weight is 265 g/mol. The van der Waals surface area contributed by atoms with Gasteiger partial charge in [0.25, 0.3) is 0 Å². The predicted octanol–water partition coefficient (Wildman–Crippen LogP) is 2.51. The topological polar surface area (TPSA) is 66.8 Å². The van der Waals surface area contributed by atoms with Gasteiger partial charge >= 0.3 is 12.1 Å². The number of nitrogens with zero attached hydrogens (tertiary/aromatic N) is 1. The first-order valence-corrected chi connectivity index (χ1v) is 6.09. The van der Waals surface area contributed by atoms with Crippen LogP contribution in [0.3, 0.4) is 0 Å². The number of likely N-dealkylation sites (N-methyl/N-ethyl adjacent to an activating group) is 1. The quantitative estimate of drug-likeness (QED) is 0.888. The summed E-state index contributed by atoms with van der Waals surface area (Å²) < 4.78 is 5.11. The molecular weight excluding hydrogens is 246 g/mol. The minimum atomic E-state index is -1.26. The molecule has 19 heavy (non-hydrogen) atoms. The second kappa shape index (κ2) is 6.22. The van der Waals surface area contributed by atoms with Gasteiger partial charge < -0.3 is 9.84 Å². The maximum absolute atomic E-state index is 11.9. The van der Waals surface area contributed by atoms with Crippen LogP contribution in [0, 0.1) is 0 Å². The van der Waals surface area contributed by atoms with E-state index in [1.54, 1.807) is 6.92 Å².